The summed E-state index contributed by atoms with van der Waals surface area (Å²) in [4.78, 5) is 17.2. The van der Waals surface area contributed by atoms with Gasteiger partial charge in [0.25, 0.3) is 0 Å². The summed E-state index contributed by atoms with van der Waals surface area (Å²) < 4.78 is 5.51. The number of nitrogens with zero attached hydrogens (tertiary/aromatic N) is 1. The lowest BCUT2D eigenvalue weighted by Gasteiger charge is -2.24. The molecule has 1 atom stereocenters. The minimum Gasteiger partial charge on any atom is -0.496 e. The van der Waals surface area contributed by atoms with Gasteiger partial charge in [0.05, 0.1) is 12.8 Å². The maximum absolute atomic E-state index is 12.1. The Hall–Kier alpha value is -2.46. The second kappa shape index (κ2) is 12.5. The van der Waals surface area contributed by atoms with E-state index in [0.29, 0.717) is 11.6 Å². The van der Waals surface area contributed by atoms with Crippen molar-refractivity contribution < 1.29 is 9.53 Å². The molecule has 0 aromatic heterocycles. The predicted octanol–water partition coefficient (Wildman–Crippen LogP) is 6.31. The van der Waals surface area contributed by atoms with Gasteiger partial charge in [-0.25, -0.2) is 0 Å². The number of hydrogen-bond donors (Lipinski definition) is 1. The monoisotopic (exact) mass is 436 g/mol. The molecule has 0 radical (unpaired) electrons. The number of aliphatic imine (C=N–C) groups is 1. The van der Waals surface area contributed by atoms with Gasteiger partial charge in [0.15, 0.2) is 5.78 Å². The van der Waals surface area contributed by atoms with Crippen molar-refractivity contribution in [2.75, 3.05) is 20.2 Å². The van der Waals surface area contributed by atoms with Gasteiger partial charge in [-0.15, -0.1) is 0 Å². The van der Waals surface area contributed by atoms with E-state index >= 15 is 0 Å². The molecule has 1 aliphatic rings. The molecule has 1 aromatic rings. The van der Waals surface area contributed by atoms with Gasteiger partial charge < -0.3 is 10.1 Å². The number of carbonyl (C=O) groups is 1. The third kappa shape index (κ3) is 7.03. The van der Waals surface area contributed by atoms with Gasteiger partial charge in [-0.1, -0.05) is 38.1 Å². The number of hydrogen-bond acceptors (Lipinski definition) is 4. The normalized spacial score (nSPS) is 18.0. The third-order valence-electron chi connectivity index (χ3n) is 6.29. The van der Waals surface area contributed by atoms with Crippen molar-refractivity contribution in [1.29, 1.82) is 0 Å². The fourth-order valence-electron chi connectivity index (χ4n) is 4.18. The summed E-state index contributed by atoms with van der Waals surface area (Å²) in [5.41, 5.74) is 6.21. The van der Waals surface area contributed by atoms with Crippen LogP contribution in [0, 0.1) is 18.8 Å². The average molecular weight is 437 g/mol. The van der Waals surface area contributed by atoms with Crippen LogP contribution in [0.1, 0.15) is 65.0 Å². The van der Waals surface area contributed by atoms with Crippen molar-refractivity contribution in [2.24, 2.45) is 16.8 Å². The molecule has 1 aromatic carbocycles. The van der Waals surface area contributed by atoms with Crippen molar-refractivity contribution in [1.82, 2.24) is 5.32 Å². The van der Waals surface area contributed by atoms with E-state index in [1.54, 1.807) is 20.1 Å². The molecule has 0 saturated carbocycles. The van der Waals surface area contributed by atoms with E-state index in [1.165, 1.54) is 11.1 Å². The smallest absolute Gasteiger partial charge is 0.154 e. The number of piperidine rings is 1. The largest absolute Gasteiger partial charge is 0.496 e. The second-order valence-electron chi connectivity index (χ2n) is 8.77. The van der Waals surface area contributed by atoms with Crippen molar-refractivity contribution in [3.8, 4) is 5.75 Å². The first-order chi connectivity index (χ1) is 15.3. The van der Waals surface area contributed by atoms with Crippen LogP contribution in [0.3, 0.4) is 0 Å². The number of benzene rings is 1. The Morgan fingerprint density at radius 2 is 1.94 bits per heavy atom. The highest BCUT2D eigenvalue weighted by molar-refractivity contribution is 6.06. The Bertz CT molecular complexity index is 915. The topological polar surface area (TPSA) is 50.7 Å². The number of ether oxygens (including phenoxy) is 1. The van der Waals surface area contributed by atoms with Gasteiger partial charge >= 0.3 is 0 Å². The summed E-state index contributed by atoms with van der Waals surface area (Å²) in [6.07, 6.45) is 9.49. The Morgan fingerprint density at radius 1 is 1.25 bits per heavy atom. The van der Waals surface area contributed by atoms with Gasteiger partial charge in [0.1, 0.15) is 5.75 Å². The van der Waals surface area contributed by atoms with Crippen LogP contribution in [-0.4, -0.2) is 31.7 Å². The molecule has 32 heavy (non-hydrogen) atoms. The van der Waals surface area contributed by atoms with Crippen molar-refractivity contribution >= 4 is 17.2 Å². The summed E-state index contributed by atoms with van der Waals surface area (Å²) in [5.74, 6) is 1.65. The minimum atomic E-state index is -0.0164. The highest BCUT2D eigenvalue weighted by Gasteiger charge is 2.18. The van der Waals surface area contributed by atoms with Crippen LogP contribution in [0.2, 0.25) is 0 Å². The van der Waals surface area contributed by atoms with E-state index in [4.69, 9.17) is 9.73 Å². The molecule has 0 amide bonds. The summed E-state index contributed by atoms with van der Waals surface area (Å²) >= 11 is 0. The van der Waals surface area contributed by atoms with E-state index < -0.39 is 0 Å². The molecule has 1 N–H and O–H groups in total. The van der Waals surface area contributed by atoms with Crippen molar-refractivity contribution in [2.45, 2.75) is 60.8 Å². The molecule has 1 unspecified atom stereocenters. The van der Waals surface area contributed by atoms with E-state index in [9.17, 15) is 4.79 Å². The van der Waals surface area contributed by atoms with E-state index in [1.807, 2.05) is 25.1 Å². The van der Waals surface area contributed by atoms with Gasteiger partial charge in [-0.2, -0.15) is 0 Å². The van der Waals surface area contributed by atoms with Crippen LogP contribution in [0.15, 0.2) is 52.6 Å². The number of rotatable bonds is 9. The highest BCUT2D eigenvalue weighted by atomic mass is 16.5. The number of allylic oxidation sites excluding steroid dienone is 5. The molecule has 0 aliphatic carbocycles. The number of nitrogens with one attached hydrogen (secondary N) is 1. The highest BCUT2D eigenvalue weighted by Crippen LogP contribution is 2.28. The Balaban J connectivity index is 2.54. The molecule has 4 heteroatoms. The van der Waals surface area contributed by atoms with E-state index in [0.717, 1.165) is 54.9 Å². The Labute approximate surface area is 194 Å². The maximum Gasteiger partial charge on any atom is 0.154 e. The Morgan fingerprint density at radius 3 is 2.50 bits per heavy atom. The van der Waals surface area contributed by atoms with Crippen LogP contribution in [-0.2, 0) is 4.79 Å². The lowest BCUT2D eigenvalue weighted by Crippen LogP contribution is -2.28. The fourth-order valence-corrected chi connectivity index (χ4v) is 4.18. The number of ketones is 1. The van der Waals surface area contributed by atoms with Crippen LogP contribution >= 0.6 is 0 Å². The first-order valence-electron chi connectivity index (χ1n) is 11.8. The molecule has 1 aliphatic heterocycles. The van der Waals surface area contributed by atoms with Crippen molar-refractivity contribution in [3.05, 3.63) is 58.7 Å². The summed E-state index contributed by atoms with van der Waals surface area (Å²) in [7, 11) is 1.67. The molecule has 1 fully saturated rings. The number of aryl methyl sites for hydroxylation is 1. The standard InChI is InChI=1S/C28H40N2O2/c1-8-19(3)28(21(5)16-23(9-2)24-12-14-29-15-13-24)30-26(17-22(6)31)25-11-10-20(4)27(18-25)32-7/h9-11,16-19,24,29H,8,12-15H2,1-7H3/b21-16-,23-9+,26-17-,30-28+. The molecule has 0 bridgehead atoms. The first kappa shape index (κ1) is 25.8. The Kier molecular flexibility index (Phi) is 10.1. The second-order valence-corrected chi connectivity index (χ2v) is 8.77. The van der Waals surface area contributed by atoms with E-state index in [-0.39, 0.29) is 11.7 Å². The van der Waals surface area contributed by atoms with Gasteiger partial charge in [-0.3, -0.25) is 9.79 Å². The SMILES string of the molecule is C\C=C(/C=C(C)\C(=N\C(=C/C(C)=O)c1ccc(C)c(OC)c1)C(C)CC)C1CCNCC1. The quantitative estimate of drug-likeness (QED) is 0.280. The number of methoxy groups -OCH3 is 1. The summed E-state index contributed by atoms with van der Waals surface area (Å²) in [5, 5.41) is 3.45. The van der Waals surface area contributed by atoms with Gasteiger partial charge in [-0.05, 0) is 94.7 Å². The molecular formula is C28H40N2O2. The first-order valence-corrected chi connectivity index (χ1v) is 11.8. The zero-order valence-corrected chi connectivity index (χ0v) is 20.9. The molecule has 4 nitrogen and oxygen atoms in total. The van der Waals surface area contributed by atoms with Crippen molar-refractivity contribution in [3.63, 3.8) is 0 Å². The molecule has 1 saturated heterocycles. The molecule has 0 spiro atoms. The van der Waals surface area contributed by atoms with E-state index in [2.05, 4.69) is 45.2 Å². The maximum atomic E-state index is 12.1. The zero-order chi connectivity index (χ0) is 23.7. The van der Waals surface area contributed by atoms with Gasteiger partial charge in [0.2, 0.25) is 0 Å². The minimum absolute atomic E-state index is 0.0164. The van der Waals surface area contributed by atoms with Crippen LogP contribution in [0.4, 0.5) is 0 Å². The molecule has 174 valence electrons. The fraction of sp³-hybridized carbons (Fsp3) is 0.500. The summed E-state index contributed by atoms with van der Waals surface area (Å²) in [6, 6.07) is 5.99. The van der Waals surface area contributed by atoms with Crippen LogP contribution < -0.4 is 10.1 Å². The van der Waals surface area contributed by atoms with Crippen LogP contribution in [0.25, 0.3) is 5.70 Å². The molecule has 1 heterocycles. The van der Waals surface area contributed by atoms with Gasteiger partial charge in [0, 0.05) is 17.4 Å². The molecule has 2 rings (SSSR count). The number of carbonyl (C=O) groups excluding carboxylic acids is 1. The summed E-state index contributed by atoms with van der Waals surface area (Å²) in [6.45, 7) is 14.4. The molecular weight excluding hydrogens is 396 g/mol. The lowest BCUT2D eigenvalue weighted by molar-refractivity contribution is -0.112. The average Bonchev–Trinajstić information content (AvgIpc) is 2.80. The van der Waals surface area contributed by atoms with Crippen LogP contribution in [0.5, 0.6) is 5.75 Å². The zero-order valence-electron chi connectivity index (χ0n) is 20.9. The predicted molar refractivity (Wildman–Crippen MR) is 136 cm³/mol. The third-order valence-corrected chi connectivity index (χ3v) is 6.29. The lowest BCUT2D eigenvalue weighted by atomic mass is 9.87.